The molecule has 0 bridgehead atoms. The first kappa shape index (κ1) is 18.3. The van der Waals surface area contributed by atoms with E-state index in [9.17, 15) is 9.59 Å². The first-order chi connectivity index (χ1) is 12.5. The highest BCUT2D eigenvalue weighted by Crippen LogP contribution is 2.25. The van der Waals surface area contributed by atoms with Gasteiger partial charge in [0.25, 0.3) is 5.91 Å². The molecule has 7 heteroatoms. The maximum atomic E-state index is 12.7. The average Bonchev–Trinajstić information content (AvgIpc) is 3.13. The Morgan fingerprint density at radius 2 is 2.15 bits per heavy atom. The van der Waals surface area contributed by atoms with Crippen LogP contribution < -0.4 is 10.6 Å². The molecule has 1 aliphatic rings. The summed E-state index contributed by atoms with van der Waals surface area (Å²) in [4.78, 5) is 26.6. The minimum atomic E-state index is -0.356. The number of furan rings is 1. The Kier molecular flexibility index (Phi) is 5.83. The van der Waals surface area contributed by atoms with E-state index in [-0.39, 0.29) is 18.0 Å². The van der Waals surface area contributed by atoms with E-state index >= 15 is 0 Å². The first-order valence-corrected chi connectivity index (χ1v) is 9.09. The number of halogens is 1. The van der Waals surface area contributed by atoms with E-state index in [4.69, 9.17) is 16.0 Å². The molecule has 2 heterocycles. The Morgan fingerprint density at radius 1 is 1.31 bits per heavy atom. The van der Waals surface area contributed by atoms with E-state index in [1.165, 1.54) is 0 Å². The third-order valence-electron chi connectivity index (χ3n) is 4.55. The van der Waals surface area contributed by atoms with Crippen molar-refractivity contribution < 1.29 is 14.0 Å². The number of urea groups is 1. The molecule has 2 aromatic rings. The Morgan fingerprint density at radius 3 is 2.85 bits per heavy atom. The van der Waals surface area contributed by atoms with E-state index < -0.39 is 0 Å². The van der Waals surface area contributed by atoms with Crippen LogP contribution in [-0.2, 0) is 6.54 Å². The van der Waals surface area contributed by atoms with E-state index in [1.54, 1.807) is 36.8 Å². The number of hydrogen-bond donors (Lipinski definition) is 2. The van der Waals surface area contributed by atoms with Crippen LogP contribution in [0.5, 0.6) is 0 Å². The van der Waals surface area contributed by atoms with Gasteiger partial charge in [0.15, 0.2) is 0 Å². The fourth-order valence-electron chi connectivity index (χ4n) is 3.07. The van der Waals surface area contributed by atoms with E-state index in [2.05, 4.69) is 17.6 Å². The lowest BCUT2D eigenvalue weighted by atomic mass is 10.0. The molecular weight excluding hydrogens is 354 g/mol. The number of anilines is 1. The van der Waals surface area contributed by atoms with E-state index in [0.29, 0.717) is 22.8 Å². The van der Waals surface area contributed by atoms with Crippen molar-refractivity contribution in [3.05, 3.63) is 52.9 Å². The standard InChI is InChI=1S/C19H22ClN3O3/c1-13-4-2-3-8-23(13)18(24)16-6-5-15(10-17(16)20)22-19(25)21-11-14-7-9-26-12-14/h5-7,9-10,12-13H,2-4,8,11H2,1H3,(H2,21,22,25)/t13-/m1/s1. The van der Waals surface area contributed by atoms with Crippen molar-refractivity contribution in [2.45, 2.75) is 38.8 Å². The van der Waals surface area contributed by atoms with Crippen LogP contribution in [0.1, 0.15) is 42.1 Å². The molecule has 0 unspecified atom stereocenters. The molecule has 1 aliphatic heterocycles. The van der Waals surface area contributed by atoms with Crippen molar-refractivity contribution in [3.8, 4) is 0 Å². The van der Waals surface area contributed by atoms with Crippen molar-refractivity contribution in [3.63, 3.8) is 0 Å². The number of likely N-dealkylation sites (tertiary alicyclic amines) is 1. The van der Waals surface area contributed by atoms with Crippen LogP contribution in [0, 0.1) is 0 Å². The number of carbonyl (C=O) groups excluding carboxylic acids is 2. The van der Waals surface area contributed by atoms with Gasteiger partial charge in [0.2, 0.25) is 0 Å². The number of carbonyl (C=O) groups is 2. The molecule has 0 aliphatic carbocycles. The topological polar surface area (TPSA) is 74.6 Å². The van der Waals surface area contributed by atoms with Crippen LogP contribution in [0.2, 0.25) is 5.02 Å². The Hall–Kier alpha value is -2.47. The zero-order valence-corrected chi connectivity index (χ0v) is 15.4. The Bertz CT molecular complexity index is 776. The summed E-state index contributed by atoms with van der Waals surface area (Å²) >= 11 is 6.30. The van der Waals surface area contributed by atoms with Gasteiger partial charge in [0.05, 0.1) is 23.1 Å². The summed E-state index contributed by atoms with van der Waals surface area (Å²) in [5, 5.41) is 5.76. The summed E-state index contributed by atoms with van der Waals surface area (Å²) in [5.74, 6) is -0.0573. The van der Waals surface area contributed by atoms with Crippen molar-refractivity contribution >= 4 is 29.2 Å². The number of nitrogens with one attached hydrogen (secondary N) is 2. The maximum absolute atomic E-state index is 12.7. The minimum Gasteiger partial charge on any atom is -0.472 e. The summed E-state index contributed by atoms with van der Waals surface area (Å²) in [7, 11) is 0. The van der Waals surface area contributed by atoms with Crippen LogP contribution in [0.3, 0.4) is 0 Å². The quantitative estimate of drug-likeness (QED) is 0.837. The Balaban J connectivity index is 1.61. The second kappa shape index (κ2) is 8.27. The van der Waals surface area contributed by atoms with Gasteiger partial charge in [-0.15, -0.1) is 0 Å². The second-order valence-corrected chi connectivity index (χ2v) is 6.88. The summed E-state index contributed by atoms with van der Waals surface area (Å²) in [6.07, 6.45) is 6.30. The van der Waals surface area contributed by atoms with Gasteiger partial charge in [0, 0.05) is 30.4 Å². The highest BCUT2D eigenvalue weighted by molar-refractivity contribution is 6.34. The van der Waals surface area contributed by atoms with Gasteiger partial charge in [0.1, 0.15) is 0 Å². The number of benzene rings is 1. The zero-order chi connectivity index (χ0) is 18.5. The number of nitrogens with zero attached hydrogens (tertiary/aromatic N) is 1. The number of amides is 3. The van der Waals surface area contributed by atoms with E-state index in [1.807, 2.05) is 4.90 Å². The van der Waals surface area contributed by atoms with Crippen molar-refractivity contribution in [2.75, 3.05) is 11.9 Å². The molecule has 1 aromatic heterocycles. The molecule has 1 saturated heterocycles. The molecule has 1 atom stereocenters. The molecule has 0 saturated carbocycles. The fraction of sp³-hybridized carbons (Fsp3) is 0.368. The summed E-state index contributed by atoms with van der Waals surface area (Å²) in [5.41, 5.74) is 1.86. The molecule has 1 fully saturated rings. The molecule has 26 heavy (non-hydrogen) atoms. The molecule has 1 aromatic carbocycles. The van der Waals surface area contributed by atoms with Crippen LogP contribution in [-0.4, -0.2) is 29.4 Å². The number of rotatable bonds is 4. The van der Waals surface area contributed by atoms with Crippen LogP contribution in [0.4, 0.5) is 10.5 Å². The average molecular weight is 376 g/mol. The largest absolute Gasteiger partial charge is 0.472 e. The molecule has 0 spiro atoms. The smallest absolute Gasteiger partial charge is 0.319 e. The van der Waals surface area contributed by atoms with Crippen LogP contribution in [0.15, 0.2) is 41.2 Å². The lowest BCUT2D eigenvalue weighted by molar-refractivity contribution is 0.0636. The minimum absolute atomic E-state index is 0.0573. The number of hydrogen-bond acceptors (Lipinski definition) is 3. The predicted octanol–water partition coefficient (Wildman–Crippen LogP) is 4.27. The molecule has 3 rings (SSSR count). The normalized spacial score (nSPS) is 17.0. The third kappa shape index (κ3) is 4.38. The summed E-state index contributed by atoms with van der Waals surface area (Å²) in [6.45, 7) is 3.18. The van der Waals surface area contributed by atoms with Gasteiger partial charge in [-0.25, -0.2) is 4.79 Å². The Labute approximate surface area is 157 Å². The molecular formula is C19H22ClN3O3. The van der Waals surface area contributed by atoms with Crippen molar-refractivity contribution in [2.24, 2.45) is 0 Å². The third-order valence-corrected chi connectivity index (χ3v) is 4.87. The molecule has 2 N–H and O–H groups in total. The first-order valence-electron chi connectivity index (χ1n) is 8.71. The van der Waals surface area contributed by atoms with Crippen molar-refractivity contribution in [1.29, 1.82) is 0 Å². The number of piperidine rings is 1. The molecule has 6 nitrogen and oxygen atoms in total. The van der Waals surface area contributed by atoms with Gasteiger partial charge in [-0.05, 0) is 50.5 Å². The monoisotopic (exact) mass is 375 g/mol. The predicted molar refractivity (Wildman–Crippen MR) is 100 cm³/mol. The van der Waals surface area contributed by atoms with Gasteiger partial charge in [-0.2, -0.15) is 0 Å². The maximum Gasteiger partial charge on any atom is 0.319 e. The van der Waals surface area contributed by atoms with Gasteiger partial charge < -0.3 is 20.0 Å². The molecule has 0 radical (unpaired) electrons. The van der Waals surface area contributed by atoms with Gasteiger partial charge in [-0.1, -0.05) is 11.6 Å². The summed E-state index contributed by atoms with van der Waals surface area (Å²) in [6, 6.07) is 6.59. The van der Waals surface area contributed by atoms with Crippen molar-refractivity contribution in [1.82, 2.24) is 10.2 Å². The highest BCUT2D eigenvalue weighted by atomic mass is 35.5. The zero-order valence-electron chi connectivity index (χ0n) is 14.6. The molecule has 3 amide bonds. The lowest BCUT2D eigenvalue weighted by Crippen LogP contribution is -2.42. The van der Waals surface area contributed by atoms with Crippen LogP contribution >= 0.6 is 11.6 Å². The van der Waals surface area contributed by atoms with Gasteiger partial charge >= 0.3 is 6.03 Å². The van der Waals surface area contributed by atoms with Gasteiger partial charge in [-0.3, -0.25) is 4.79 Å². The van der Waals surface area contributed by atoms with Crippen LogP contribution in [0.25, 0.3) is 0 Å². The highest BCUT2D eigenvalue weighted by Gasteiger charge is 2.25. The molecule has 138 valence electrons. The van der Waals surface area contributed by atoms with E-state index in [0.717, 1.165) is 31.4 Å². The summed E-state index contributed by atoms with van der Waals surface area (Å²) < 4.78 is 4.95. The lowest BCUT2D eigenvalue weighted by Gasteiger charge is -2.33. The second-order valence-electron chi connectivity index (χ2n) is 6.48. The fourth-order valence-corrected chi connectivity index (χ4v) is 3.33. The SMILES string of the molecule is C[C@@H]1CCCCN1C(=O)c1ccc(NC(=O)NCc2ccoc2)cc1Cl.